The number of hydrogen-bond acceptors (Lipinski definition) is 4. The molecule has 1 unspecified atom stereocenters. The van der Waals surface area contributed by atoms with E-state index in [9.17, 15) is 9.59 Å². The maximum Gasteiger partial charge on any atom is 0.306 e. The van der Waals surface area contributed by atoms with Crippen LogP contribution in [0.5, 0.6) is 0 Å². The highest BCUT2D eigenvalue weighted by molar-refractivity contribution is 5.78. The molecule has 1 aliphatic rings. The highest BCUT2D eigenvalue weighted by Gasteiger charge is 2.23. The summed E-state index contributed by atoms with van der Waals surface area (Å²) in [6, 6.07) is 0. The number of methoxy groups -OCH3 is 1. The molecule has 1 saturated heterocycles. The lowest BCUT2D eigenvalue weighted by Crippen LogP contribution is -2.50. The summed E-state index contributed by atoms with van der Waals surface area (Å²) in [4.78, 5) is 27.2. The lowest BCUT2D eigenvalue weighted by molar-refractivity contribution is -0.142. The van der Waals surface area contributed by atoms with Crippen molar-refractivity contribution in [3.05, 3.63) is 0 Å². The summed E-state index contributed by atoms with van der Waals surface area (Å²) in [5.74, 6) is 0.199. The van der Waals surface area contributed by atoms with Crippen molar-refractivity contribution in [2.24, 2.45) is 5.92 Å². The molecule has 0 N–H and O–H groups in total. The van der Waals surface area contributed by atoms with E-state index in [4.69, 9.17) is 0 Å². The van der Waals surface area contributed by atoms with Crippen LogP contribution in [0.25, 0.3) is 0 Å². The fourth-order valence-electron chi connectivity index (χ4n) is 2.03. The summed E-state index contributed by atoms with van der Waals surface area (Å²) < 4.78 is 4.62. The molecule has 5 heteroatoms. The molecule has 0 aromatic rings. The molecule has 0 aliphatic carbocycles. The second-order valence-electron chi connectivity index (χ2n) is 4.80. The summed E-state index contributed by atoms with van der Waals surface area (Å²) in [6.45, 7) is 7.96. The molecule has 0 radical (unpaired) electrons. The molecular formula is C13H24N2O3. The number of carbonyl (C=O) groups excluding carboxylic acids is 2. The zero-order valence-corrected chi connectivity index (χ0v) is 11.6. The second kappa shape index (κ2) is 7.36. The van der Waals surface area contributed by atoms with Crippen LogP contribution in [0, 0.1) is 5.92 Å². The zero-order valence-electron chi connectivity index (χ0n) is 11.6. The first kappa shape index (κ1) is 15.0. The number of amides is 1. The molecular weight excluding hydrogens is 232 g/mol. The van der Waals surface area contributed by atoms with Crippen LogP contribution in [-0.2, 0) is 14.3 Å². The van der Waals surface area contributed by atoms with Gasteiger partial charge < -0.3 is 9.64 Å². The molecule has 1 rings (SSSR count). The Morgan fingerprint density at radius 2 is 1.83 bits per heavy atom. The Hall–Kier alpha value is -1.10. The van der Waals surface area contributed by atoms with Gasteiger partial charge in [-0.15, -0.1) is 0 Å². The molecule has 1 amide bonds. The van der Waals surface area contributed by atoms with E-state index < -0.39 is 0 Å². The van der Waals surface area contributed by atoms with Crippen molar-refractivity contribution >= 4 is 11.9 Å². The van der Waals surface area contributed by atoms with Crippen LogP contribution < -0.4 is 0 Å². The van der Waals surface area contributed by atoms with Crippen molar-refractivity contribution in [1.82, 2.24) is 9.80 Å². The van der Waals surface area contributed by atoms with Crippen LogP contribution in [0.2, 0.25) is 0 Å². The van der Waals surface area contributed by atoms with Crippen LogP contribution >= 0.6 is 0 Å². The Labute approximate surface area is 109 Å². The Kier molecular flexibility index (Phi) is 6.12. The third-order valence-corrected chi connectivity index (χ3v) is 3.58. The van der Waals surface area contributed by atoms with Gasteiger partial charge in [0, 0.05) is 38.6 Å². The Morgan fingerprint density at radius 3 is 2.33 bits per heavy atom. The molecule has 104 valence electrons. The average molecular weight is 256 g/mol. The third-order valence-electron chi connectivity index (χ3n) is 3.58. The average Bonchev–Trinajstić information content (AvgIpc) is 2.43. The van der Waals surface area contributed by atoms with Gasteiger partial charge in [-0.2, -0.15) is 0 Å². The van der Waals surface area contributed by atoms with Crippen LogP contribution in [0.15, 0.2) is 0 Å². The molecule has 0 spiro atoms. The summed E-state index contributed by atoms with van der Waals surface area (Å²) >= 11 is 0. The molecule has 18 heavy (non-hydrogen) atoms. The van der Waals surface area contributed by atoms with Gasteiger partial charge in [0.15, 0.2) is 0 Å². The van der Waals surface area contributed by atoms with Gasteiger partial charge in [-0.05, 0) is 6.42 Å². The van der Waals surface area contributed by atoms with E-state index in [0.717, 1.165) is 39.1 Å². The Bertz CT molecular complexity index is 286. The van der Waals surface area contributed by atoms with Crippen LogP contribution in [0.3, 0.4) is 0 Å². The van der Waals surface area contributed by atoms with E-state index in [1.165, 1.54) is 7.11 Å². The molecule has 1 heterocycles. The molecule has 1 atom stereocenters. The first-order valence-corrected chi connectivity index (χ1v) is 6.66. The van der Waals surface area contributed by atoms with Crippen molar-refractivity contribution in [2.75, 3.05) is 39.8 Å². The van der Waals surface area contributed by atoms with Gasteiger partial charge in [0.1, 0.15) is 0 Å². The van der Waals surface area contributed by atoms with E-state index in [-0.39, 0.29) is 17.8 Å². The Morgan fingerprint density at radius 1 is 1.22 bits per heavy atom. The SMILES string of the molecule is CCC(C)C(=O)N1CCN(CCC(=O)OC)CC1. The monoisotopic (exact) mass is 256 g/mol. The van der Waals surface area contributed by atoms with Crippen molar-refractivity contribution in [3.63, 3.8) is 0 Å². The fourth-order valence-corrected chi connectivity index (χ4v) is 2.03. The largest absolute Gasteiger partial charge is 0.469 e. The molecule has 0 aromatic heterocycles. The van der Waals surface area contributed by atoms with Crippen LogP contribution in [0.4, 0.5) is 0 Å². The molecule has 1 aliphatic heterocycles. The lowest BCUT2D eigenvalue weighted by Gasteiger charge is -2.35. The minimum Gasteiger partial charge on any atom is -0.469 e. The van der Waals surface area contributed by atoms with Gasteiger partial charge in [0.25, 0.3) is 0 Å². The topological polar surface area (TPSA) is 49.9 Å². The predicted molar refractivity (Wildman–Crippen MR) is 69.1 cm³/mol. The number of esters is 1. The van der Waals surface area contributed by atoms with Gasteiger partial charge in [-0.3, -0.25) is 14.5 Å². The summed E-state index contributed by atoms with van der Waals surface area (Å²) in [5, 5.41) is 0. The first-order chi connectivity index (χ1) is 8.58. The van der Waals surface area contributed by atoms with E-state index in [1.807, 2.05) is 18.7 Å². The normalized spacial score (nSPS) is 18.5. The van der Waals surface area contributed by atoms with Crippen molar-refractivity contribution < 1.29 is 14.3 Å². The van der Waals surface area contributed by atoms with Gasteiger partial charge in [-0.1, -0.05) is 13.8 Å². The minimum atomic E-state index is -0.173. The second-order valence-corrected chi connectivity index (χ2v) is 4.80. The van der Waals surface area contributed by atoms with E-state index in [1.54, 1.807) is 0 Å². The lowest BCUT2D eigenvalue weighted by atomic mass is 10.1. The van der Waals surface area contributed by atoms with Gasteiger partial charge in [0.05, 0.1) is 13.5 Å². The van der Waals surface area contributed by atoms with Crippen LogP contribution in [0.1, 0.15) is 26.7 Å². The summed E-state index contributed by atoms with van der Waals surface area (Å²) in [5.41, 5.74) is 0. The summed E-state index contributed by atoms with van der Waals surface area (Å²) in [6.07, 6.45) is 1.32. The van der Waals surface area contributed by atoms with E-state index in [0.29, 0.717) is 6.42 Å². The molecule has 1 fully saturated rings. The zero-order chi connectivity index (χ0) is 13.5. The predicted octanol–water partition coefficient (Wildman–Crippen LogP) is 0.740. The van der Waals surface area contributed by atoms with Crippen LogP contribution in [-0.4, -0.2) is 61.5 Å². The smallest absolute Gasteiger partial charge is 0.306 e. The number of carbonyl (C=O) groups is 2. The third kappa shape index (κ3) is 4.29. The van der Waals surface area contributed by atoms with E-state index >= 15 is 0 Å². The minimum absolute atomic E-state index is 0.117. The maximum absolute atomic E-state index is 12.0. The van der Waals surface area contributed by atoms with Gasteiger partial charge in [0.2, 0.25) is 5.91 Å². The standard InChI is InChI=1S/C13H24N2O3/c1-4-11(2)13(17)15-9-7-14(8-10-15)6-5-12(16)18-3/h11H,4-10H2,1-3H3. The molecule has 0 bridgehead atoms. The molecule has 0 saturated carbocycles. The highest BCUT2D eigenvalue weighted by atomic mass is 16.5. The molecule has 5 nitrogen and oxygen atoms in total. The van der Waals surface area contributed by atoms with Gasteiger partial charge in [-0.25, -0.2) is 0 Å². The van der Waals surface area contributed by atoms with Crippen molar-refractivity contribution in [2.45, 2.75) is 26.7 Å². The highest BCUT2D eigenvalue weighted by Crippen LogP contribution is 2.10. The quantitative estimate of drug-likeness (QED) is 0.681. The number of ether oxygens (including phenoxy) is 1. The number of nitrogens with zero attached hydrogens (tertiary/aromatic N) is 2. The Balaban J connectivity index is 2.28. The number of piperazine rings is 1. The van der Waals surface area contributed by atoms with Crippen molar-refractivity contribution in [1.29, 1.82) is 0 Å². The molecule has 0 aromatic carbocycles. The van der Waals surface area contributed by atoms with Gasteiger partial charge >= 0.3 is 5.97 Å². The van der Waals surface area contributed by atoms with Crippen molar-refractivity contribution in [3.8, 4) is 0 Å². The number of hydrogen-bond donors (Lipinski definition) is 0. The van der Waals surface area contributed by atoms with E-state index in [2.05, 4.69) is 9.64 Å². The maximum atomic E-state index is 12.0. The fraction of sp³-hybridized carbons (Fsp3) is 0.846. The summed E-state index contributed by atoms with van der Waals surface area (Å²) in [7, 11) is 1.41. The first-order valence-electron chi connectivity index (χ1n) is 6.66. The number of rotatable bonds is 5.